The Morgan fingerprint density at radius 3 is 2.70 bits per heavy atom. The largest absolute Gasteiger partial charge is 0.343 e. The summed E-state index contributed by atoms with van der Waals surface area (Å²) in [6.45, 7) is 0.838. The quantitative estimate of drug-likeness (QED) is 0.330. The molecular formula is C14H20N4O2. The van der Waals surface area contributed by atoms with Crippen molar-refractivity contribution in [2.75, 3.05) is 6.54 Å². The minimum atomic E-state index is -0.655. The van der Waals surface area contributed by atoms with E-state index in [0.29, 0.717) is 6.42 Å². The van der Waals surface area contributed by atoms with E-state index in [0.717, 1.165) is 24.9 Å². The van der Waals surface area contributed by atoms with Crippen molar-refractivity contribution in [3.63, 3.8) is 0 Å². The smallest absolute Gasteiger partial charge is 0.256 e. The molecule has 1 heterocycles. The molecule has 0 saturated carbocycles. The summed E-state index contributed by atoms with van der Waals surface area (Å²) < 4.78 is 0. The van der Waals surface area contributed by atoms with E-state index in [1.54, 1.807) is 0 Å². The number of carbonyl (C=O) groups excluding carboxylic acids is 2. The zero-order valence-electron chi connectivity index (χ0n) is 11.3. The molecule has 1 aromatic carbocycles. The van der Waals surface area contributed by atoms with E-state index in [-0.39, 0.29) is 17.9 Å². The van der Waals surface area contributed by atoms with Crippen LogP contribution >= 0.6 is 0 Å². The third kappa shape index (κ3) is 3.79. The molecule has 1 fully saturated rings. The van der Waals surface area contributed by atoms with Gasteiger partial charge in [0.05, 0.1) is 6.04 Å². The third-order valence-corrected chi connectivity index (χ3v) is 3.43. The fourth-order valence-corrected chi connectivity index (χ4v) is 2.34. The topological polar surface area (TPSA) is 96.2 Å². The number of nitrogens with two attached hydrogens (primary N) is 1. The second kappa shape index (κ2) is 7.02. The summed E-state index contributed by atoms with van der Waals surface area (Å²) in [5.41, 5.74) is 3.08. The van der Waals surface area contributed by atoms with Crippen molar-refractivity contribution in [1.29, 1.82) is 0 Å². The summed E-state index contributed by atoms with van der Waals surface area (Å²) in [5.74, 6) is 4.65. The molecule has 108 valence electrons. The van der Waals surface area contributed by atoms with Gasteiger partial charge >= 0.3 is 0 Å². The van der Waals surface area contributed by atoms with Gasteiger partial charge in [-0.1, -0.05) is 30.3 Å². The molecule has 0 bridgehead atoms. The van der Waals surface area contributed by atoms with Crippen LogP contribution in [-0.2, 0) is 16.0 Å². The third-order valence-electron chi connectivity index (χ3n) is 3.43. The van der Waals surface area contributed by atoms with Crippen molar-refractivity contribution < 1.29 is 9.59 Å². The van der Waals surface area contributed by atoms with Crippen LogP contribution in [0, 0.1) is 0 Å². The Labute approximate surface area is 118 Å². The summed E-state index contributed by atoms with van der Waals surface area (Å²) in [6.07, 6.45) is 2.20. The van der Waals surface area contributed by atoms with Crippen molar-refractivity contribution in [2.24, 2.45) is 5.84 Å². The summed E-state index contributed by atoms with van der Waals surface area (Å²) in [7, 11) is 0. The lowest BCUT2D eigenvalue weighted by molar-refractivity contribution is -0.129. The van der Waals surface area contributed by atoms with Gasteiger partial charge in [-0.05, 0) is 24.9 Å². The number of amides is 2. The molecule has 1 aliphatic rings. The monoisotopic (exact) mass is 276 g/mol. The lowest BCUT2D eigenvalue weighted by atomic mass is 10.0. The van der Waals surface area contributed by atoms with Crippen LogP contribution in [0.4, 0.5) is 0 Å². The molecule has 0 spiro atoms. The van der Waals surface area contributed by atoms with Crippen LogP contribution < -0.4 is 21.9 Å². The van der Waals surface area contributed by atoms with Gasteiger partial charge in [-0.3, -0.25) is 15.0 Å². The van der Waals surface area contributed by atoms with Gasteiger partial charge in [-0.2, -0.15) is 0 Å². The van der Waals surface area contributed by atoms with Gasteiger partial charge in [0.15, 0.2) is 0 Å². The van der Waals surface area contributed by atoms with Gasteiger partial charge in [-0.15, -0.1) is 0 Å². The van der Waals surface area contributed by atoms with E-state index >= 15 is 0 Å². The molecule has 6 heteroatoms. The second-order valence-corrected chi connectivity index (χ2v) is 4.91. The predicted molar refractivity (Wildman–Crippen MR) is 75.4 cm³/mol. The molecule has 1 aliphatic heterocycles. The van der Waals surface area contributed by atoms with Crippen LogP contribution in [0.15, 0.2) is 30.3 Å². The molecule has 5 N–H and O–H groups in total. The van der Waals surface area contributed by atoms with Crippen molar-refractivity contribution in [2.45, 2.75) is 31.3 Å². The zero-order chi connectivity index (χ0) is 14.4. The van der Waals surface area contributed by atoms with Crippen LogP contribution in [0.3, 0.4) is 0 Å². The lowest BCUT2D eigenvalue weighted by Gasteiger charge is -2.19. The van der Waals surface area contributed by atoms with Gasteiger partial charge < -0.3 is 10.6 Å². The maximum absolute atomic E-state index is 12.1. The maximum atomic E-state index is 12.1. The Bertz CT molecular complexity index is 458. The highest BCUT2D eigenvalue weighted by Gasteiger charge is 2.27. The molecule has 20 heavy (non-hydrogen) atoms. The normalized spacial score (nSPS) is 19.4. The summed E-state index contributed by atoms with van der Waals surface area (Å²) in [5, 5.41) is 5.87. The van der Waals surface area contributed by atoms with Crippen molar-refractivity contribution in [3.8, 4) is 0 Å². The molecule has 1 saturated heterocycles. The van der Waals surface area contributed by atoms with Crippen molar-refractivity contribution >= 4 is 11.8 Å². The average Bonchev–Trinajstić information content (AvgIpc) is 3.01. The predicted octanol–water partition coefficient (Wildman–Crippen LogP) is -0.544. The Morgan fingerprint density at radius 2 is 2.10 bits per heavy atom. The highest BCUT2D eigenvalue weighted by molar-refractivity contribution is 5.89. The van der Waals surface area contributed by atoms with Crippen LogP contribution in [0.2, 0.25) is 0 Å². The first-order valence-electron chi connectivity index (χ1n) is 6.79. The number of hydrazine groups is 1. The van der Waals surface area contributed by atoms with E-state index in [1.807, 2.05) is 30.3 Å². The van der Waals surface area contributed by atoms with Crippen LogP contribution in [0.1, 0.15) is 18.4 Å². The van der Waals surface area contributed by atoms with Gasteiger partial charge in [-0.25, -0.2) is 5.84 Å². The van der Waals surface area contributed by atoms with Gasteiger partial charge in [0, 0.05) is 6.42 Å². The molecule has 0 aromatic heterocycles. The van der Waals surface area contributed by atoms with Gasteiger partial charge in [0.2, 0.25) is 5.91 Å². The minimum Gasteiger partial charge on any atom is -0.343 e. The first-order chi connectivity index (χ1) is 9.70. The van der Waals surface area contributed by atoms with E-state index in [2.05, 4.69) is 16.1 Å². The fraction of sp³-hybridized carbons (Fsp3) is 0.429. The fourth-order valence-electron chi connectivity index (χ4n) is 2.34. The number of hydrogen-bond acceptors (Lipinski definition) is 4. The summed E-state index contributed by atoms with van der Waals surface area (Å²) in [4.78, 5) is 23.9. The van der Waals surface area contributed by atoms with Crippen LogP contribution in [-0.4, -0.2) is 30.4 Å². The minimum absolute atomic E-state index is 0.146. The molecule has 2 rings (SSSR count). The Balaban J connectivity index is 2.00. The summed E-state index contributed by atoms with van der Waals surface area (Å²) >= 11 is 0. The maximum Gasteiger partial charge on any atom is 0.256 e. The Kier molecular flexibility index (Phi) is 5.09. The van der Waals surface area contributed by atoms with Crippen molar-refractivity contribution in [1.82, 2.24) is 16.1 Å². The molecule has 0 aliphatic carbocycles. The highest BCUT2D eigenvalue weighted by atomic mass is 16.2. The lowest BCUT2D eigenvalue weighted by Crippen LogP contribution is -2.53. The molecule has 2 amide bonds. The molecule has 6 nitrogen and oxygen atoms in total. The number of benzene rings is 1. The first kappa shape index (κ1) is 14.5. The van der Waals surface area contributed by atoms with E-state index in [4.69, 9.17) is 5.84 Å². The molecular weight excluding hydrogens is 256 g/mol. The first-order valence-corrected chi connectivity index (χ1v) is 6.79. The second-order valence-electron chi connectivity index (χ2n) is 4.91. The van der Waals surface area contributed by atoms with E-state index in [1.165, 1.54) is 0 Å². The number of carbonyl (C=O) groups is 2. The number of nitrogens with one attached hydrogen (secondary N) is 3. The van der Waals surface area contributed by atoms with E-state index in [9.17, 15) is 9.59 Å². The Hall–Kier alpha value is -1.92. The average molecular weight is 276 g/mol. The standard InChI is InChI=1S/C14H20N4O2/c15-18-14(20)12(9-10-5-2-1-3-6-10)17-13(19)11-7-4-8-16-11/h1-3,5-6,11-12,16H,4,7-9,15H2,(H,17,19)(H,18,20). The van der Waals surface area contributed by atoms with Gasteiger partial charge in [0.1, 0.15) is 6.04 Å². The molecule has 1 aromatic rings. The van der Waals surface area contributed by atoms with Gasteiger partial charge in [0.25, 0.3) is 5.91 Å². The summed E-state index contributed by atoms with van der Waals surface area (Å²) in [6, 6.07) is 8.66. The molecule has 0 radical (unpaired) electrons. The number of hydrogen-bond donors (Lipinski definition) is 4. The van der Waals surface area contributed by atoms with Crippen molar-refractivity contribution in [3.05, 3.63) is 35.9 Å². The SMILES string of the molecule is NNC(=O)C(Cc1ccccc1)NC(=O)C1CCCN1. The highest BCUT2D eigenvalue weighted by Crippen LogP contribution is 2.07. The number of rotatable bonds is 5. The van der Waals surface area contributed by atoms with E-state index < -0.39 is 6.04 Å². The van der Waals surface area contributed by atoms with Crippen LogP contribution in [0.5, 0.6) is 0 Å². The Morgan fingerprint density at radius 1 is 1.35 bits per heavy atom. The molecule has 2 atom stereocenters. The van der Waals surface area contributed by atoms with Crippen LogP contribution in [0.25, 0.3) is 0 Å². The zero-order valence-corrected chi connectivity index (χ0v) is 11.3. The molecule has 2 unspecified atom stereocenters.